The predicted molar refractivity (Wildman–Crippen MR) is 119 cm³/mol. The van der Waals surface area contributed by atoms with Crippen LogP contribution in [0.15, 0.2) is 63.1 Å². The largest absolute Gasteiger partial charge is 0.376 e. The van der Waals surface area contributed by atoms with Crippen LogP contribution in [0.1, 0.15) is 18.6 Å². The number of pyridine rings is 1. The highest BCUT2D eigenvalue weighted by molar-refractivity contribution is 7.98. The molecule has 4 heterocycles. The van der Waals surface area contributed by atoms with Gasteiger partial charge in [-0.05, 0) is 37.1 Å². The molecule has 0 saturated carbocycles. The van der Waals surface area contributed by atoms with Crippen molar-refractivity contribution in [3.63, 3.8) is 0 Å². The molecule has 0 N–H and O–H groups in total. The van der Waals surface area contributed by atoms with Crippen LogP contribution in [-0.2, 0) is 17.0 Å². The minimum absolute atomic E-state index is 0.0229. The molecule has 0 radical (unpaired) electrons. The van der Waals surface area contributed by atoms with E-state index in [1.807, 2.05) is 30.3 Å². The Hall–Kier alpha value is -2.68. The summed E-state index contributed by atoms with van der Waals surface area (Å²) in [6.07, 6.45) is 3.61. The van der Waals surface area contributed by atoms with Gasteiger partial charge in [0.15, 0.2) is 10.8 Å². The van der Waals surface area contributed by atoms with Gasteiger partial charge in [-0.3, -0.25) is 9.36 Å². The minimum atomic E-state index is -0.101. The van der Waals surface area contributed by atoms with Crippen LogP contribution in [0.3, 0.4) is 0 Å². The number of hydrogen-bond donors (Lipinski definition) is 0. The summed E-state index contributed by atoms with van der Waals surface area (Å²) in [6.45, 7) is 1.21. The lowest BCUT2D eigenvalue weighted by Crippen LogP contribution is -2.29. The summed E-state index contributed by atoms with van der Waals surface area (Å²) < 4.78 is 13.0. The lowest BCUT2D eigenvalue weighted by Gasteiger charge is -2.15. The number of halogens is 1. The lowest BCUT2D eigenvalue weighted by atomic mass is 10.1. The average Bonchev–Trinajstić information content (AvgIpc) is 3.47. The topological polar surface area (TPSA) is 83.0 Å². The summed E-state index contributed by atoms with van der Waals surface area (Å²) in [6, 6.07) is 12.8. The summed E-state index contributed by atoms with van der Waals surface area (Å²) >= 11 is 7.38. The maximum atomic E-state index is 13.1. The van der Waals surface area contributed by atoms with Gasteiger partial charge in [0, 0.05) is 29.5 Å². The van der Waals surface area contributed by atoms with Gasteiger partial charge in [-0.25, -0.2) is 9.97 Å². The quantitative estimate of drug-likeness (QED) is 0.311. The first kappa shape index (κ1) is 20.2. The molecule has 9 heteroatoms. The van der Waals surface area contributed by atoms with Gasteiger partial charge in [0.25, 0.3) is 5.56 Å². The van der Waals surface area contributed by atoms with Crippen molar-refractivity contribution in [1.82, 2.24) is 19.7 Å². The third-order valence-electron chi connectivity index (χ3n) is 5.15. The molecule has 1 atom stereocenters. The Balaban J connectivity index is 1.41. The second-order valence-corrected chi connectivity index (χ2v) is 8.67. The van der Waals surface area contributed by atoms with Crippen molar-refractivity contribution >= 4 is 34.4 Å². The average molecular weight is 455 g/mol. The number of aromatic nitrogens is 4. The molecule has 1 aliphatic rings. The minimum Gasteiger partial charge on any atom is -0.376 e. The number of fused-ring (bicyclic) bond motifs is 1. The van der Waals surface area contributed by atoms with Crippen molar-refractivity contribution in [2.45, 2.75) is 36.4 Å². The molecule has 0 aliphatic carbocycles. The zero-order valence-corrected chi connectivity index (χ0v) is 18.1. The third kappa shape index (κ3) is 4.37. The summed E-state index contributed by atoms with van der Waals surface area (Å²) in [5.74, 6) is 1.17. The van der Waals surface area contributed by atoms with Gasteiger partial charge in [-0.2, -0.15) is 0 Å². The van der Waals surface area contributed by atoms with Crippen molar-refractivity contribution in [2.24, 2.45) is 0 Å². The maximum absolute atomic E-state index is 13.1. The summed E-state index contributed by atoms with van der Waals surface area (Å²) in [4.78, 5) is 22.0. The molecule has 0 bridgehead atoms. The van der Waals surface area contributed by atoms with E-state index < -0.39 is 0 Å². The van der Waals surface area contributed by atoms with Crippen LogP contribution in [0.5, 0.6) is 0 Å². The van der Waals surface area contributed by atoms with Crippen LogP contribution in [0, 0.1) is 0 Å². The van der Waals surface area contributed by atoms with Crippen molar-refractivity contribution in [3.05, 3.63) is 69.8 Å². The number of thioether (sulfide) groups is 1. The van der Waals surface area contributed by atoms with Gasteiger partial charge in [0.1, 0.15) is 11.5 Å². The first-order valence-corrected chi connectivity index (χ1v) is 11.4. The zero-order valence-electron chi connectivity index (χ0n) is 16.5. The van der Waals surface area contributed by atoms with Crippen LogP contribution in [0.25, 0.3) is 22.3 Å². The SMILES string of the molecule is O=c1c2cccnc2nc(SCc2cc(-c3ccc(Cl)cc3)no2)n1CC1CCCO1. The molecule has 3 aromatic heterocycles. The van der Waals surface area contributed by atoms with E-state index in [2.05, 4.69) is 15.1 Å². The molecule has 0 amide bonds. The molecular formula is C22H19ClN4O3S. The number of nitrogens with zero attached hydrogens (tertiary/aromatic N) is 4. The normalized spacial score (nSPS) is 16.2. The fourth-order valence-corrected chi connectivity index (χ4v) is 4.57. The van der Waals surface area contributed by atoms with E-state index >= 15 is 0 Å². The van der Waals surface area contributed by atoms with E-state index in [0.29, 0.717) is 39.3 Å². The van der Waals surface area contributed by atoms with Gasteiger partial charge < -0.3 is 9.26 Å². The second kappa shape index (κ2) is 8.82. The molecule has 1 aromatic carbocycles. The standard InChI is InChI=1S/C22H19ClN4O3S/c23-15-7-5-14(6-8-15)19-11-17(30-26-19)13-31-22-25-20-18(4-1-9-24-20)21(28)27(22)12-16-3-2-10-29-16/h1,4-9,11,16H,2-3,10,12-13H2. The highest BCUT2D eigenvalue weighted by Crippen LogP contribution is 2.27. The fourth-order valence-electron chi connectivity index (χ4n) is 3.57. The van der Waals surface area contributed by atoms with Crippen molar-refractivity contribution in [3.8, 4) is 11.3 Å². The zero-order chi connectivity index (χ0) is 21.2. The van der Waals surface area contributed by atoms with Crippen LogP contribution in [-0.4, -0.2) is 32.4 Å². The number of ether oxygens (including phenoxy) is 1. The highest BCUT2D eigenvalue weighted by Gasteiger charge is 2.21. The van der Waals surface area contributed by atoms with Crippen molar-refractivity contribution in [2.75, 3.05) is 6.61 Å². The van der Waals surface area contributed by atoms with Gasteiger partial charge in [-0.15, -0.1) is 0 Å². The second-order valence-electron chi connectivity index (χ2n) is 7.29. The summed E-state index contributed by atoms with van der Waals surface area (Å²) in [7, 11) is 0. The van der Waals surface area contributed by atoms with Crippen LogP contribution < -0.4 is 5.56 Å². The predicted octanol–water partition coefficient (Wildman–Crippen LogP) is 4.57. The first-order valence-electron chi connectivity index (χ1n) is 9.99. The van der Waals surface area contributed by atoms with Gasteiger partial charge in [0.2, 0.25) is 0 Å². The van der Waals surface area contributed by atoms with Crippen LogP contribution >= 0.6 is 23.4 Å². The Morgan fingerprint density at radius 3 is 2.90 bits per heavy atom. The highest BCUT2D eigenvalue weighted by atomic mass is 35.5. The summed E-state index contributed by atoms with van der Waals surface area (Å²) in [5.41, 5.74) is 2.00. The lowest BCUT2D eigenvalue weighted by molar-refractivity contribution is 0.0937. The van der Waals surface area contributed by atoms with E-state index in [1.54, 1.807) is 22.9 Å². The van der Waals surface area contributed by atoms with Gasteiger partial charge in [0.05, 0.1) is 23.8 Å². The molecule has 31 heavy (non-hydrogen) atoms. The van der Waals surface area contributed by atoms with Crippen LogP contribution in [0.4, 0.5) is 0 Å². The van der Waals surface area contributed by atoms with E-state index in [4.69, 9.17) is 20.9 Å². The Bertz CT molecular complexity index is 1270. The molecule has 5 rings (SSSR count). The van der Waals surface area contributed by atoms with E-state index in [-0.39, 0.29) is 11.7 Å². The maximum Gasteiger partial charge on any atom is 0.263 e. The Morgan fingerprint density at radius 1 is 1.23 bits per heavy atom. The summed E-state index contributed by atoms with van der Waals surface area (Å²) in [5, 5.41) is 5.92. The molecule has 7 nitrogen and oxygen atoms in total. The Labute approximate surface area is 187 Å². The van der Waals surface area contributed by atoms with E-state index in [1.165, 1.54) is 11.8 Å². The molecule has 1 fully saturated rings. The van der Waals surface area contributed by atoms with Gasteiger partial charge >= 0.3 is 0 Å². The molecular weight excluding hydrogens is 436 g/mol. The van der Waals surface area contributed by atoms with Gasteiger partial charge in [-0.1, -0.05) is 40.7 Å². The molecule has 1 unspecified atom stereocenters. The Morgan fingerprint density at radius 2 is 2.10 bits per heavy atom. The molecule has 1 saturated heterocycles. The number of rotatable bonds is 6. The van der Waals surface area contributed by atoms with Crippen molar-refractivity contribution < 1.29 is 9.26 Å². The number of benzene rings is 1. The smallest absolute Gasteiger partial charge is 0.263 e. The molecule has 1 aliphatic heterocycles. The fraction of sp³-hybridized carbons (Fsp3) is 0.273. The Kier molecular flexibility index (Phi) is 5.76. The van der Waals surface area contributed by atoms with Crippen LogP contribution in [0.2, 0.25) is 5.02 Å². The molecule has 4 aromatic rings. The third-order valence-corrected chi connectivity index (χ3v) is 6.40. The van der Waals surface area contributed by atoms with E-state index in [0.717, 1.165) is 30.7 Å². The number of hydrogen-bond acceptors (Lipinski definition) is 7. The molecule has 158 valence electrons. The first-order chi connectivity index (χ1) is 15.2. The van der Waals surface area contributed by atoms with E-state index in [9.17, 15) is 4.79 Å². The van der Waals surface area contributed by atoms with Crippen molar-refractivity contribution in [1.29, 1.82) is 0 Å². The molecule has 0 spiro atoms. The monoisotopic (exact) mass is 454 g/mol.